The van der Waals surface area contributed by atoms with Crippen molar-refractivity contribution in [3.63, 3.8) is 0 Å². The first-order valence-corrected chi connectivity index (χ1v) is 5.45. The Balaban J connectivity index is 2.92. The number of benzene rings is 1. The fraction of sp³-hybridized carbons (Fsp3) is 0.333. The lowest BCUT2D eigenvalue weighted by atomic mass is 10.1. The van der Waals surface area contributed by atoms with Gasteiger partial charge < -0.3 is 4.90 Å². The van der Waals surface area contributed by atoms with Gasteiger partial charge in [-0.05, 0) is 19.1 Å². The van der Waals surface area contributed by atoms with E-state index in [-0.39, 0.29) is 18.0 Å². The molecule has 6 nitrogen and oxygen atoms in total. The summed E-state index contributed by atoms with van der Waals surface area (Å²) >= 11 is 0. The number of amides is 1. The van der Waals surface area contributed by atoms with E-state index in [1.165, 1.54) is 18.0 Å². The Kier molecular flexibility index (Phi) is 4.53. The minimum atomic E-state index is -1.06. The number of halogens is 1. The number of nitro groups is 1. The molecule has 0 aliphatic rings. The molecule has 1 rings (SSSR count). The Labute approximate surface area is 109 Å². The maximum atomic E-state index is 13.4. The van der Waals surface area contributed by atoms with Crippen molar-refractivity contribution >= 4 is 11.6 Å². The van der Waals surface area contributed by atoms with E-state index in [0.29, 0.717) is 0 Å². The molecular formula is C12H12FN3O3. The largest absolute Gasteiger partial charge is 0.340 e. The van der Waals surface area contributed by atoms with Crippen LogP contribution in [0.25, 0.3) is 0 Å². The van der Waals surface area contributed by atoms with Crippen LogP contribution in [0.4, 0.5) is 10.1 Å². The number of nitrogens with zero attached hydrogens (tertiary/aromatic N) is 3. The van der Waals surface area contributed by atoms with Crippen LogP contribution in [0.1, 0.15) is 17.3 Å². The van der Waals surface area contributed by atoms with Crippen LogP contribution in [0, 0.1) is 33.2 Å². The van der Waals surface area contributed by atoms with Gasteiger partial charge in [-0.3, -0.25) is 14.9 Å². The summed E-state index contributed by atoms with van der Waals surface area (Å²) in [6.45, 7) is 1.86. The van der Waals surface area contributed by atoms with Gasteiger partial charge in [-0.2, -0.15) is 9.65 Å². The number of nitro benzene ring substituents is 1. The molecule has 1 aromatic carbocycles. The minimum absolute atomic E-state index is 0.00994. The lowest BCUT2D eigenvalue weighted by molar-refractivity contribution is -0.387. The summed E-state index contributed by atoms with van der Waals surface area (Å²) in [4.78, 5) is 22.8. The first-order valence-electron chi connectivity index (χ1n) is 5.45. The van der Waals surface area contributed by atoms with Crippen molar-refractivity contribution in [1.29, 1.82) is 5.26 Å². The molecule has 1 atom stereocenters. The molecule has 0 aliphatic heterocycles. The van der Waals surface area contributed by atoms with Crippen molar-refractivity contribution < 1.29 is 14.1 Å². The fourth-order valence-electron chi connectivity index (χ4n) is 1.54. The second-order valence-electron chi connectivity index (χ2n) is 4.14. The average Bonchev–Trinajstić information content (AvgIpc) is 2.36. The van der Waals surface area contributed by atoms with Crippen LogP contribution in [0.5, 0.6) is 0 Å². The first-order chi connectivity index (χ1) is 8.86. The van der Waals surface area contributed by atoms with Crippen molar-refractivity contribution in [3.8, 4) is 6.07 Å². The lowest BCUT2D eigenvalue weighted by Crippen LogP contribution is -2.30. The van der Waals surface area contributed by atoms with Crippen LogP contribution in [0.15, 0.2) is 18.2 Å². The molecule has 0 heterocycles. The molecule has 1 aromatic rings. The number of hydrogen-bond donors (Lipinski definition) is 0. The highest BCUT2D eigenvalue weighted by Crippen LogP contribution is 2.18. The predicted molar refractivity (Wildman–Crippen MR) is 64.8 cm³/mol. The second-order valence-corrected chi connectivity index (χ2v) is 4.14. The molecule has 7 heteroatoms. The highest BCUT2D eigenvalue weighted by molar-refractivity contribution is 5.94. The standard InChI is InChI=1S/C12H12FN3O3/c1-8(6-14)7-15(2)12(17)9-3-4-11(16(18)19)10(13)5-9/h3-5,8H,7H2,1-2H3. The summed E-state index contributed by atoms with van der Waals surface area (Å²) in [7, 11) is 1.48. The lowest BCUT2D eigenvalue weighted by Gasteiger charge is -2.18. The van der Waals surface area contributed by atoms with Crippen LogP contribution in [0.3, 0.4) is 0 Å². The molecule has 0 spiro atoms. The molecule has 19 heavy (non-hydrogen) atoms. The Morgan fingerprint density at radius 2 is 2.26 bits per heavy atom. The molecule has 100 valence electrons. The molecule has 0 bridgehead atoms. The van der Waals surface area contributed by atoms with E-state index in [4.69, 9.17) is 5.26 Å². The third kappa shape index (κ3) is 3.48. The summed E-state index contributed by atoms with van der Waals surface area (Å²) in [5, 5.41) is 19.1. The van der Waals surface area contributed by atoms with Crippen LogP contribution in [-0.4, -0.2) is 29.3 Å². The van der Waals surface area contributed by atoms with E-state index < -0.39 is 22.3 Å². The van der Waals surface area contributed by atoms with Gasteiger partial charge in [-0.1, -0.05) is 0 Å². The van der Waals surface area contributed by atoms with Crippen molar-refractivity contribution in [3.05, 3.63) is 39.7 Å². The molecule has 1 unspecified atom stereocenters. The maximum Gasteiger partial charge on any atom is 0.304 e. The zero-order valence-electron chi connectivity index (χ0n) is 10.5. The Bertz CT molecular complexity index is 554. The smallest absolute Gasteiger partial charge is 0.304 e. The van der Waals surface area contributed by atoms with Gasteiger partial charge in [0.05, 0.1) is 16.9 Å². The number of nitriles is 1. The molecule has 0 fully saturated rings. The molecule has 0 saturated carbocycles. The normalized spacial score (nSPS) is 11.5. The van der Waals surface area contributed by atoms with Crippen LogP contribution in [-0.2, 0) is 0 Å². The summed E-state index contributed by atoms with van der Waals surface area (Å²) in [6, 6.07) is 4.95. The zero-order valence-corrected chi connectivity index (χ0v) is 10.5. The Hall–Kier alpha value is -2.49. The summed E-state index contributed by atoms with van der Waals surface area (Å²) in [6.07, 6.45) is 0. The SMILES string of the molecule is CC(C#N)CN(C)C(=O)c1ccc([N+](=O)[O-])c(F)c1. The monoisotopic (exact) mass is 265 g/mol. The van der Waals surface area contributed by atoms with Crippen molar-refractivity contribution in [2.24, 2.45) is 5.92 Å². The van der Waals surface area contributed by atoms with E-state index >= 15 is 0 Å². The highest BCUT2D eigenvalue weighted by Gasteiger charge is 2.19. The quantitative estimate of drug-likeness (QED) is 0.615. The van der Waals surface area contributed by atoms with Crippen molar-refractivity contribution in [2.45, 2.75) is 6.92 Å². The first kappa shape index (κ1) is 14.6. The maximum absolute atomic E-state index is 13.4. The molecule has 1 amide bonds. The highest BCUT2D eigenvalue weighted by atomic mass is 19.1. The Morgan fingerprint density at radius 1 is 1.63 bits per heavy atom. The predicted octanol–water partition coefficient (Wildman–Crippen LogP) is 1.97. The van der Waals surface area contributed by atoms with E-state index in [1.54, 1.807) is 6.92 Å². The van der Waals surface area contributed by atoms with E-state index in [2.05, 4.69) is 0 Å². The number of rotatable bonds is 4. The zero-order chi connectivity index (χ0) is 14.6. The van der Waals surface area contributed by atoms with Gasteiger partial charge in [-0.25, -0.2) is 0 Å². The van der Waals surface area contributed by atoms with Crippen LogP contribution in [0.2, 0.25) is 0 Å². The van der Waals surface area contributed by atoms with E-state index in [1.807, 2.05) is 6.07 Å². The Morgan fingerprint density at radius 3 is 2.74 bits per heavy atom. The third-order valence-electron chi connectivity index (χ3n) is 2.51. The van der Waals surface area contributed by atoms with E-state index in [9.17, 15) is 19.3 Å². The molecule has 0 saturated heterocycles. The van der Waals surface area contributed by atoms with Crippen molar-refractivity contribution in [1.82, 2.24) is 4.90 Å². The molecule has 0 N–H and O–H groups in total. The van der Waals surface area contributed by atoms with Gasteiger partial charge in [0.25, 0.3) is 5.91 Å². The van der Waals surface area contributed by atoms with Crippen LogP contribution >= 0.6 is 0 Å². The van der Waals surface area contributed by atoms with Gasteiger partial charge in [0.15, 0.2) is 0 Å². The molecular weight excluding hydrogens is 253 g/mol. The van der Waals surface area contributed by atoms with E-state index in [0.717, 1.165) is 12.1 Å². The van der Waals surface area contributed by atoms with Crippen molar-refractivity contribution in [2.75, 3.05) is 13.6 Å². The van der Waals surface area contributed by atoms with Gasteiger partial charge in [0, 0.05) is 25.2 Å². The molecule has 0 aliphatic carbocycles. The molecule has 0 radical (unpaired) electrons. The average molecular weight is 265 g/mol. The van der Waals surface area contributed by atoms with Crippen LogP contribution < -0.4 is 0 Å². The number of hydrogen-bond acceptors (Lipinski definition) is 4. The second kappa shape index (κ2) is 5.91. The summed E-state index contributed by atoms with van der Waals surface area (Å²) < 4.78 is 13.4. The van der Waals surface area contributed by atoms with Gasteiger partial charge in [0.2, 0.25) is 5.82 Å². The van der Waals surface area contributed by atoms with Gasteiger partial charge >= 0.3 is 5.69 Å². The van der Waals surface area contributed by atoms with Gasteiger partial charge in [-0.15, -0.1) is 0 Å². The molecule has 0 aromatic heterocycles. The topological polar surface area (TPSA) is 87.2 Å². The van der Waals surface area contributed by atoms with Gasteiger partial charge in [0.1, 0.15) is 0 Å². The third-order valence-corrected chi connectivity index (χ3v) is 2.51. The number of carbonyl (C=O) groups excluding carboxylic acids is 1. The fourth-order valence-corrected chi connectivity index (χ4v) is 1.54. The summed E-state index contributed by atoms with van der Waals surface area (Å²) in [5.74, 6) is -1.90. The number of carbonyl (C=O) groups is 1. The minimum Gasteiger partial charge on any atom is -0.340 e. The summed E-state index contributed by atoms with van der Waals surface area (Å²) in [5.41, 5.74) is -0.666.